The van der Waals surface area contributed by atoms with E-state index < -0.39 is 15.0 Å². The van der Waals surface area contributed by atoms with Crippen LogP contribution in [0.5, 0.6) is 0 Å². The van der Waals surface area contributed by atoms with Gasteiger partial charge >= 0.3 is 49.0 Å². The van der Waals surface area contributed by atoms with Gasteiger partial charge in [0.15, 0.2) is 0 Å². The molecular weight excluding hydrogens is 186 g/mol. The number of hydrogen-bond donors (Lipinski definition) is 3. The van der Waals surface area contributed by atoms with Gasteiger partial charge in [-0.15, -0.1) is 0 Å². The van der Waals surface area contributed by atoms with Gasteiger partial charge in [-0.3, -0.25) is 0 Å². The van der Waals surface area contributed by atoms with E-state index in [0.29, 0.717) is 0 Å². The Hall–Kier alpha value is 0.713. The fraction of sp³-hybridized carbons (Fsp3) is 1.00. The first-order chi connectivity index (χ1) is 3.35. The minimum atomic E-state index is -1.15. The molecule has 8 heavy (non-hydrogen) atoms. The Morgan fingerprint density at radius 3 is 1.12 bits per heavy atom. The van der Waals surface area contributed by atoms with E-state index in [-0.39, 0.29) is 12.4 Å². The van der Waals surface area contributed by atoms with Crippen LogP contribution in [-0.4, -0.2) is 36.2 Å². The quantitative estimate of drug-likeness (QED) is 0.401. The van der Waals surface area contributed by atoms with Gasteiger partial charge in [0.1, 0.15) is 0 Å². The molecule has 0 bridgehead atoms. The second kappa shape index (κ2) is 7.71. The average molecular weight is 198 g/mol. The molecule has 0 aliphatic carbocycles. The van der Waals surface area contributed by atoms with Crippen LogP contribution in [0.25, 0.3) is 0 Å². The summed E-state index contributed by atoms with van der Waals surface area (Å²) in [4.78, 5) is 0. The Balaban J connectivity index is 0. The topological polar surface area (TPSA) is 36.1 Å². The first-order valence-corrected chi connectivity index (χ1v) is 5.40. The maximum absolute atomic E-state index is 3.15. The third-order valence-corrected chi connectivity index (χ3v) is 3.90. The summed E-state index contributed by atoms with van der Waals surface area (Å²) in [7, 11) is 5.88. The molecule has 0 spiro atoms. The molecule has 0 radical (unpaired) electrons. The maximum atomic E-state index is 3.15. The monoisotopic (exact) mass is 199 g/mol. The van der Waals surface area contributed by atoms with Gasteiger partial charge in [-0.25, -0.2) is 0 Å². The van der Waals surface area contributed by atoms with Crippen LogP contribution < -0.4 is 25.2 Å². The van der Waals surface area contributed by atoms with Gasteiger partial charge in [0.2, 0.25) is 0 Å². The van der Waals surface area contributed by atoms with Crippen molar-refractivity contribution in [2.75, 3.05) is 21.1 Å². The van der Waals surface area contributed by atoms with Crippen LogP contribution in [0.3, 0.4) is 0 Å². The molecule has 3 nitrogen and oxygen atoms in total. The molecule has 0 aromatic carbocycles. The van der Waals surface area contributed by atoms with Gasteiger partial charge in [-0.2, -0.15) is 0 Å². The van der Waals surface area contributed by atoms with Crippen molar-refractivity contribution in [3.05, 3.63) is 0 Å². The minimum Gasteiger partial charge on any atom is -1.00 e. The van der Waals surface area contributed by atoms with Crippen molar-refractivity contribution in [1.29, 1.82) is 0 Å². The van der Waals surface area contributed by atoms with Crippen LogP contribution in [0, 0.1) is 0 Å². The summed E-state index contributed by atoms with van der Waals surface area (Å²) < 4.78 is 9.44. The third kappa shape index (κ3) is 4.86. The minimum absolute atomic E-state index is 0. The first-order valence-electron chi connectivity index (χ1n) is 2.25. The number of halogens is 1. The molecule has 0 aromatic rings. The molecule has 3 N–H and O–H groups in total. The summed E-state index contributed by atoms with van der Waals surface area (Å²) in [5.41, 5.74) is 0. The van der Waals surface area contributed by atoms with Crippen molar-refractivity contribution >= 4 is 15.0 Å². The van der Waals surface area contributed by atoms with Gasteiger partial charge in [-0.05, 0) is 0 Å². The van der Waals surface area contributed by atoms with Crippen molar-refractivity contribution in [3.8, 4) is 0 Å². The van der Waals surface area contributed by atoms with E-state index in [9.17, 15) is 0 Å². The molecule has 0 aliphatic heterocycles. The zero-order valence-corrected chi connectivity index (χ0v) is 8.23. The Morgan fingerprint density at radius 1 is 0.875 bits per heavy atom. The zero-order chi connectivity index (χ0) is 5.70. The number of hydrogen-bond acceptors (Lipinski definition) is 3. The van der Waals surface area contributed by atoms with Crippen LogP contribution in [0.15, 0.2) is 0 Å². The molecule has 0 amide bonds. The molecule has 0 unspecified atom stereocenters. The van der Waals surface area contributed by atoms with Gasteiger partial charge in [-0.1, -0.05) is 0 Å². The van der Waals surface area contributed by atoms with E-state index in [0.717, 1.165) is 0 Å². The third-order valence-electron chi connectivity index (χ3n) is 0.750. The fourth-order valence-corrected chi connectivity index (χ4v) is 1.95. The normalized spacial score (nSPS) is 7.88. The Bertz CT molecular complexity index is 36.0. The Morgan fingerprint density at radius 2 is 1.12 bits per heavy atom. The van der Waals surface area contributed by atoms with Crippen LogP contribution in [0.4, 0.5) is 0 Å². The SMILES string of the molecule is C[NH][Ge+]([NH]C)[NH]C.[Cl-]. The fourth-order valence-electron chi connectivity index (χ4n) is 0.375. The number of rotatable bonds is 3. The summed E-state index contributed by atoms with van der Waals surface area (Å²) in [6.07, 6.45) is 0. The summed E-state index contributed by atoms with van der Waals surface area (Å²) in [6, 6.07) is 0. The Labute approximate surface area is 61.8 Å². The van der Waals surface area contributed by atoms with E-state index in [4.69, 9.17) is 0 Å². The molecule has 0 fully saturated rings. The van der Waals surface area contributed by atoms with Crippen LogP contribution in [0.1, 0.15) is 0 Å². The summed E-state index contributed by atoms with van der Waals surface area (Å²) in [5.74, 6) is 0. The van der Waals surface area contributed by atoms with Gasteiger partial charge in [0.05, 0.1) is 0 Å². The van der Waals surface area contributed by atoms with Crippen molar-refractivity contribution in [3.63, 3.8) is 0 Å². The van der Waals surface area contributed by atoms with Crippen molar-refractivity contribution < 1.29 is 12.4 Å². The van der Waals surface area contributed by atoms with Crippen molar-refractivity contribution in [2.45, 2.75) is 0 Å². The van der Waals surface area contributed by atoms with E-state index in [1.807, 2.05) is 21.1 Å². The molecule has 5 heteroatoms. The summed E-state index contributed by atoms with van der Waals surface area (Å²) in [6.45, 7) is 0. The molecule has 0 aliphatic rings. The maximum Gasteiger partial charge on any atom is -1.00 e. The van der Waals surface area contributed by atoms with E-state index in [1.54, 1.807) is 0 Å². The molecular formula is C3H12ClGeN3. The first kappa shape index (κ1) is 11.5. The largest absolute Gasteiger partial charge is 1.00 e. The second-order valence-corrected chi connectivity index (χ2v) is 5.85. The average Bonchev–Trinajstić information content (AvgIpc) is 1.72. The smallest absolute Gasteiger partial charge is 1.00 e. The van der Waals surface area contributed by atoms with E-state index in [2.05, 4.69) is 12.8 Å². The Kier molecular flexibility index (Phi) is 11.1. The van der Waals surface area contributed by atoms with Crippen LogP contribution in [-0.2, 0) is 0 Å². The van der Waals surface area contributed by atoms with Crippen LogP contribution in [0.2, 0.25) is 0 Å². The summed E-state index contributed by atoms with van der Waals surface area (Å²) in [5, 5.41) is 0. The van der Waals surface area contributed by atoms with E-state index in [1.165, 1.54) is 0 Å². The predicted molar refractivity (Wildman–Crippen MR) is 32.9 cm³/mol. The van der Waals surface area contributed by atoms with E-state index >= 15 is 0 Å². The van der Waals surface area contributed by atoms with Crippen molar-refractivity contribution in [1.82, 2.24) is 12.8 Å². The molecule has 0 heterocycles. The molecule has 0 atom stereocenters. The van der Waals surface area contributed by atoms with Gasteiger partial charge < -0.3 is 12.4 Å². The second-order valence-electron chi connectivity index (χ2n) is 1.12. The van der Waals surface area contributed by atoms with Crippen molar-refractivity contribution in [2.24, 2.45) is 0 Å². The molecule has 0 rings (SSSR count). The standard InChI is InChI=1S/C3H12GeN3.ClH/c1-5-4(6-2)7-3;/h5-7H,1-3H3;1H/q+1;/p-1. The van der Waals surface area contributed by atoms with Crippen LogP contribution >= 0.6 is 0 Å². The predicted octanol–water partition coefficient (Wildman–Crippen LogP) is -4.37. The van der Waals surface area contributed by atoms with Gasteiger partial charge in [0.25, 0.3) is 0 Å². The molecule has 0 saturated carbocycles. The molecule has 0 aromatic heterocycles. The van der Waals surface area contributed by atoms with Gasteiger partial charge in [0, 0.05) is 0 Å². The summed E-state index contributed by atoms with van der Waals surface area (Å²) >= 11 is -1.15. The zero-order valence-electron chi connectivity index (χ0n) is 5.38. The molecule has 0 saturated heterocycles. The number of nitrogens with one attached hydrogen (secondary N) is 3. The molecule has 50 valence electrons.